The highest BCUT2D eigenvalue weighted by Crippen LogP contribution is 2.42. The monoisotopic (exact) mass is 449 g/mol. The van der Waals surface area contributed by atoms with Crippen molar-refractivity contribution in [1.29, 1.82) is 0 Å². The average molecular weight is 450 g/mol. The quantitative estimate of drug-likeness (QED) is 0.675. The van der Waals surface area contributed by atoms with E-state index < -0.39 is 34.0 Å². The summed E-state index contributed by atoms with van der Waals surface area (Å²) in [5.74, 6) is -2.01. The van der Waals surface area contributed by atoms with Crippen LogP contribution >= 0.6 is 11.6 Å². The summed E-state index contributed by atoms with van der Waals surface area (Å²) in [5, 5.41) is 10.2. The molecule has 158 valence electrons. The molecular formula is C21H20ClNO6S. The number of nitrogens with zero attached hydrogens (tertiary/aromatic N) is 1. The highest BCUT2D eigenvalue weighted by Gasteiger charge is 2.46. The number of hydrogen-bond donors (Lipinski definition) is 1. The second kappa shape index (κ2) is 8.59. The van der Waals surface area contributed by atoms with Crippen LogP contribution in [0.5, 0.6) is 0 Å². The Hall–Kier alpha value is -2.68. The topological polar surface area (TPSA) is 101 Å². The Kier molecular flexibility index (Phi) is 6.30. The van der Waals surface area contributed by atoms with Crippen LogP contribution in [0.3, 0.4) is 0 Å². The second-order valence-electron chi connectivity index (χ2n) is 6.68. The molecule has 0 amide bonds. The molecular weight excluding hydrogens is 430 g/mol. The van der Waals surface area contributed by atoms with Gasteiger partial charge >= 0.3 is 11.9 Å². The van der Waals surface area contributed by atoms with E-state index >= 15 is 0 Å². The molecule has 9 heteroatoms. The lowest BCUT2D eigenvalue weighted by molar-refractivity contribution is -0.133. The Morgan fingerprint density at radius 1 is 1.13 bits per heavy atom. The number of carboxylic acids is 1. The smallest absolute Gasteiger partial charge is 0.339 e. The third kappa shape index (κ3) is 3.86. The van der Waals surface area contributed by atoms with Gasteiger partial charge in [0.2, 0.25) is 10.0 Å². The predicted octanol–water partition coefficient (Wildman–Crippen LogP) is 3.66. The highest BCUT2D eigenvalue weighted by atomic mass is 35.5. The van der Waals surface area contributed by atoms with Gasteiger partial charge in [0, 0.05) is 11.1 Å². The number of benzene rings is 2. The summed E-state index contributed by atoms with van der Waals surface area (Å²) in [6.45, 7) is 1.76. The summed E-state index contributed by atoms with van der Waals surface area (Å²) in [6.07, 6.45) is 1.79. The Morgan fingerprint density at radius 2 is 1.77 bits per heavy atom. The Balaban J connectivity index is 2.22. The Labute approximate surface area is 179 Å². The molecule has 1 heterocycles. The van der Waals surface area contributed by atoms with E-state index in [1.54, 1.807) is 31.2 Å². The van der Waals surface area contributed by atoms with Gasteiger partial charge in [-0.05, 0) is 36.2 Å². The molecule has 1 aliphatic heterocycles. The number of esters is 1. The molecule has 0 spiro atoms. The molecule has 0 radical (unpaired) electrons. The number of aliphatic carboxylic acids is 1. The van der Waals surface area contributed by atoms with Crippen LogP contribution in [0.1, 0.15) is 35.3 Å². The fraction of sp³-hybridized carbons (Fsp3) is 0.238. The van der Waals surface area contributed by atoms with Crippen LogP contribution in [0, 0.1) is 0 Å². The summed E-state index contributed by atoms with van der Waals surface area (Å²) in [5.41, 5.74) is 0.292. The van der Waals surface area contributed by atoms with Gasteiger partial charge in [-0.3, -0.25) is 0 Å². The molecule has 3 rings (SSSR count). The second-order valence-corrected chi connectivity index (χ2v) is 8.93. The van der Waals surface area contributed by atoms with E-state index in [4.69, 9.17) is 16.3 Å². The van der Waals surface area contributed by atoms with Gasteiger partial charge in [-0.15, -0.1) is 0 Å². The number of hydrogen-bond acceptors (Lipinski definition) is 5. The first-order chi connectivity index (χ1) is 14.2. The van der Waals surface area contributed by atoms with Crippen molar-refractivity contribution in [3.8, 4) is 0 Å². The maximum Gasteiger partial charge on any atom is 0.339 e. The summed E-state index contributed by atoms with van der Waals surface area (Å²) in [6, 6.07) is 10.3. The third-order valence-corrected chi connectivity index (χ3v) is 7.15. The van der Waals surface area contributed by atoms with Crippen LogP contribution in [0.15, 0.2) is 65.1 Å². The number of carboxylic acid groups (broad SMARTS) is 1. The number of ether oxygens (including phenoxy) is 1. The van der Waals surface area contributed by atoms with Crippen molar-refractivity contribution < 1.29 is 27.9 Å². The number of halogens is 1. The van der Waals surface area contributed by atoms with Crippen LogP contribution in [-0.4, -0.2) is 42.9 Å². The molecule has 2 aromatic carbocycles. The summed E-state index contributed by atoms with van der Waals surface area (Å²) < 4.78 is 33.3. The van der Waals surface area contributed by atoms with E-state index in [2.05, 4.69) is 0 Å². The van der Waals surface area contributed by atoms with Gasteiger partial charge in [0.25, 0.3) is 0 Å². The summed E-state index contributed by atoms with van der Waals surface area (Å²) in [7, 11) is -3.11. The Bertz CT molecular complexity index is 1110. The van der Waals surface area contributed by atoms with Crippen LogP contribution in [-0.2, 0) is 19.6 Å². The van der Waals surface area contributed by atoms with Crippen LogP contribution in [0.2, 0.25) is 5.02 Å². The number of rotatable bonds is 6. The zero-order valence-corrected chi connectivity index (χ0v) is 17.9. The maximum atomic E-state index is 13.7. The normalized spacial score (nSPS) is 19.4. The van der Waals surface area contributed by atoms with Crippen LogP contribution in [0.25, 0.3) is 0 Å². The number of carbonyl (C=O) groups is 2. The van der Waals surface area contributed by atoms with E-state index in [1.807, 2.05) is 0 Å². The molecule has 0 aliphatic carbocycles. The minimum atomic E-state index is -4.28. The number of methoxy groups -OCH3 is 1. The zero-order chi connectivity index (χ0) is 22.1. The molecule has 0 bridgehead atoms. The van der Waals surface area contributed by atoms with E-state index in [0.717, 1.165) is 11.4 Å². The lowest BCUT2D eigenvalue weighted by atomic mass is 10.0. The van der Waals surface area contributed by atoms with E-state index in [-0.39, 0.29) is 16.0 Å². The molecule has 0 unspecified atom stereocenters. The van der Waals surface area contributed by atoms with Crippen molar-refractivity contribution in [2.24, 2.45) is 0 Å². The van der Waals surface area contributed by atoms with Crippen molar-refractivity contribution in [2.75, 3.05) is 7.11 Å². The highest BCUT2D eigenvalue weighted by molar-refractivity contribution is 7.89. The summed E-state index contributed by atoms with van der Waals surface area (Å²) >= 11 is 5.95. The fourth-order valence-electron chi connectivity index (χ4n) is 3.56. The van der Waals surface area contributed by atoms with Gasteiger partial charge in [-0.25, -0.2) is 18.0 Å². The lowest BCUT2D eigenvalue weighted by Crippen LogP contribution is -2.39. The van der Waals surface area contributed by atoms with Crippen molar-refractivity contribution in [2.45, 2.75) is 30.3 Å². The largest absolute Gasteiger partial charge is 0.478 e. The van der Waals surface area contributed by atoms with E-state index in [9.17, 15) is 23.1 Å². The van der Waals surface area contributed by atoms with Gasteiger partial charge < -0.3 is 9.84 Å². The first-order valence-corrected chi connectivity index (χ1v) is 11.0. The zero-order valence-electron chi connectivity index (χ0n) is 16.3. The van der Waals surface area contributed by atoms with Crippen LogP contribution in [0.4, 0.5) is 0 Å². The molecule has 0 fully saturated rings. The molecule has 30 heavy (non-hydrogen) atoms. The average Bonchev–Trinajstić information content (AvgIpc) is 3.14. The third-order valence-electron chi connectivity index (χ3n) is 4.95. The first kappa shape index (κ1) is 22.0. The lowest BCUT2D eigenvalue weighted by Gasteiger charge is -2.30. The molecule has 7 nitrogen and oxygen atoms in total. The number of carbonyl (C=O) groups excluding carboxylic acids is 1. The van der Waals surface area contributed by atoms with Gasteiger partial charge in [-0.2, -0.15) is 4.31 Å². The van der Waals surface area contributed by atoms with Gasteiger partial charge in [0.1, 0.15) is 0 Å². The summed E-state index contributed by atoms with van der Waals surface area (Å²) in [4.78, 5) is 23.9. The SMILES string of the molecule is CC[C@H]1C=C(C(=O)O)[C@@H](c2ccc(Cl)cc2)N1S(=O)(=O)c1ccccc1C(=O)OC. The maximum absolute atomic E-state index is 13.7. The Morgan fingerprint density at radius 3 is 2.33 bits per heavy atom. The number of sulfonamides is 1. The molecule has 2 aromatic rings. The minimum Gasteiger partial charge on any atom is -0.478 e. The fourth-order valence-corrected chi connectivity index (χ4v) is 5.67. The molecule has 1 aliphatic rings. The van der Waals surface area contributed by atoms with Crippen molar-refractivity contribution in [1.82, 2.24) is 4.31 Å². The van der Waals surface area contributed by atoms with Crippen molar-refractivity contribution in [3.05, 3.63) is 76.3 Å². The molecule has 2 atom stereocenters. The van der Waals surface area contributed by atoms with Crippen LogP contribution < -0.4 is 0 Å². The van der Waals surface area contributed by atoms with Gasteiger partial charge in [0.15, 0.2) is 0 Å². The van der Waals surface area contributed by atoms with Gasteiger partial charge in [-0.1, -0.05) is 48.9 Å². The first-order valence-electron chi connectivity index (χ1n) is 9.13. The molecule has 0 saturated heterocycles. The minimum absolute atomic E-state index is 0.0525. The van der Waals surface area contributed by atoms with E-state index in [0.29, 0.717) is 17.0 Å². The molecule has 0 saturated carbocycles. The van der Waals surface area contributed by atoms with Crippen molar-refractivity contribution >= 4 is 33.6 Å². The predicted molar refractivity (Wildman–Crippen MR) is 111 cm³/mol. The van der Waals surface area contributed by atoms with E-state index in [1.165, 1.54) is 30.3 Å². The van der Waals surface area contributed by atoms with Gasteiger partial charge in [0.05, 0.1) is 29.2 Å². The van der Waals surface area contributed by atoms with Crippen molar-refractivity contribution in [3.63, 3.8) is 0 Å². The molecule has 1 N–H and O–H groups in total. The standard InChI is InChI=1S/C21H20ClNO6S/c1-3-15-12-17(20(24)25)19(13-8-10-14(22)11-9-13)23(15)30(27,28)18-7-5-4-6-16(18)21(26)29-2/h4-12,15,19H,3H2,1-2H3,(H,24,25)/t15-,19+/m0/s1. The molecule has 0 aromatic heterocycles.